The monoisotopic (exact) mass is 426 g/mol. The van der Waals surface area contributed by atoms with Crippen molar-refractivity contribution in [2.45, 2.75) is 13.0 Å². The summed E-state index contributed by atoms with van der Waals surface area (Å²) < 4.78 is 26.7. The van der Waals surface area contributed by atoms with Crippen molar-refractivity contribution in [3.8, 4) is 6.07 Å². The molecule has 0 spiro atoms. The molecule has 0 aliphatic carbocycles. The highest BCUT2D eigenvalue weighted by Crippen LogP contribution is 2.34. The average Bonchev–Trinajstić information content (AvgIpc) is 3.24. The van der Waals surface area contributed by atoms with E-state index in [1.165, 1.54) is 6.33 Å². The van der Waals surface area contributed by atoms with Gasteiger partial charge in [0.2, 0.25) is 10.0 Å². The minimum atomic E-state index is -3.41. The number of piperazine rings is 1. The van der Waals surface area contributed by atoms with E-state index in [0.29, 0.717) is 35.9 Å². The molecule has 3 aromatic rings. The van der Waals surface area contributed by atoms with Gasteiger partial charge in [0.1, 0.15) is 23.8 Å². The minimum absolute atomic E-state index is 0.0188. The van der Waals surface area contributed by atoms with Crippen LogP contribution in [0.25, 0.3) is 11.0 Å². The number of benzene rings is 1. The summed E-state index contributed by atoms with van der Waals surface area (Å²) in [6, 6.07) is 9.17. The van der Waals surface area contributed by atoms with E-state index in [0.717, 1.165) is 17.6 Å². The lowest BCUT2D eigenvalue weighted by molar-refractivity contribution is 0.525. The SMILES string of the molecule is CCS(=O)(=O)Nc1ccc(N2CCNC(C#N)C2)c(Nc2ncnc3[nH]ccc23)c1. The van der Waals surface area contributed by atoms with Crippen LogP contribution in [0.1, 0.15) is 6.92 Å². The number of nitrogens with one attached hydrogen (secondary N) is 4. The Morgan fingerprint density at radius 2 is 2.20 bits per heavy atom. The van der Waals surface area contributed by atoms with Crippen LogP contribution in [0.15, 0.2) is 36.8 Å². The topological polar surface area (TPSA) is 139 Å². The molecule has 3 heterocycles. The second kappa shape index (κ2) is 8.17. The summed E-state index contributed by atoms with van der Waals surface area (Å²) in [6.07, 6.45) is 3.24. The van der Waals surface area contributed by atoms with Gasteiger partial charge in [0.25, 0.3) is 0 Å². The van der Waals surface area contributed by atoms with Crippen molar-refractivity contribution in [3.63, 3.8) is 0 Å². The summed E-state index contributed by atoms with van der Waals surface area (Å²) in [5.74, 6) is 0.583. The van der Waals surface area contributed by atoms with Crippen LogP contribution >= 0.6 is 0 Å². The van der Waals surface area contributed by atoms with Crippen LogP contribution in [0.4, 0.5) is 22.9 Å². The van der Waals surface area contributed by atoms with Gasteiger partial charge >= 0.3 is 0 Å². The maximum Gasteiger partial charge on any atom is 0.232 e. The molecule has 1 saturated heterocycles. The molecule has 1 fully saturated rings. The van der Waals surface area contributed by atoms with Gasteiger partial charge in [-0.25, -0.2) is 18.4 Å². The Morgan fingerprint density at radius 3 is 3.00 bits per heavy atom. The average molecular weight is 427 g/mol. The summed E-state index contributed by atoms with van der Waals surface area (Å²) in [6.45, 7) is 3.50. The number of hydrogen-bond acceptors (Lipinski definition) is 8. The van der Waals surface area contributed by atoms with E-state index < -0.39 is 10.0 Å². The standard InChI is InChI=1S/C19H22N8O2S/c1-2-30(28,29)26-13-3-4-17(27-8-7-21-14(10-20)11-27)16(9-13)25-19-15-5-6-22-18(15)23-12-24-19/h3-6,9,12,14,21,26H,2,7-8,11H2,1H3,(H2,22,23,24,25). The first-order chi connectivity index (χ1) is 14.5. The Labute approximate surface area is 174 Å². The molecule has 1 unspecified atom stereocenters. The number of aromatic amines is 1. The fraction of sp³-hybridized carbons (Fsp3) is 0.316. The van der Waals surface area contributed by atoms with Gasteiger partial charge in [-0.15, -0.1) is 0 Å². The van der Waals surface area contributed by atoms with Gasteiger partial charge in [0.05, 0.1) is 34.3 Å². The van der Waals surface area contributed by atoms with Crippen molar-refractivity contribution in [1.29, 1.82) is 5.26 Å². The maximum absolute atomic E-state index is 12.0. The Morgan fingerprint density at radius 1 is 1.33 bits per heavy atom. The van der Waals surface area contributed by atoms with Gasteiger partial charge in [-0.3, -0.25) is 10.0 Å². The lowest BCUT2D eigenvalue weighted by atomic mass is 10.1. The molecule has 1 aliphatic rings. The van der Waals surface area contributed by atoms with E-state index in [9.17, 15) is 13.7 Å². The molecule has 0 radical (unpaired) electrons. The van der Waals surface area contributed by atoms with Gasteiger partial charge in [0.15, 0.2) is 0 Å². The molecule has 1 aliphatic heterocycles. The second-order valence-corrected chi connectivity index (χ2v) is 8.92. The number of aromatic nitrogens is 3. The highest BCUT2D eigenvalue weighted by atomic mass is 32.2. The van der Waals surface area contributed by atoms with Crippen LogP contribution in [0, 0.1) is 11.3 Å². The first kappa shape index (κ1) is 19.9. The zero-order chi connectivity index (χ0) is 21.1. The van der Waals surface area contributed by atoms with E-state index >= 15 is 0 Å². The molecule has 1 atom stereocenters. The van der Waals surface area contributed by atoms with Crippen LogP contribution in [-0.2, 0) is 10.0 Å². The lowest BCUT2D eigenvalue weighted by Gasteiger charge is -2.33. The summed E-state index contributed by atoms with van der Waals surface area (Å²) in [5.41, 5.74) is 2.70. The normalized spacial score (nSPS) is 16.9. The molecule has 4 N–H and O–H groups in total. The number of anilines is 4. The highest BCUT2D eigenvalue weighted by molar-refractivity contribution is 7.92. The van der Waals surface area contributed by atoms with Gasteiger partial charge in [-0.1, -0.05) is 0 Å². The molecule has 0 bridgehead atoms. The van der Waals surface area contributed by atoms with Crippen molar-refractivity contribution in [2.75, 3.05) is 40.3 Å². The second-order valence-electron chi connectivity index (χ2n) is 6.91. The third-order valence-corrected chi connectivity index (χ3v) is 6.24. The van der Waals surface area contributed by atoms with E-state index in [1.807, 2.05) is 12.1 Å². The largest absolute Gasteiger partial charge is 0.366 e. The molecule has 11 heteroatoms. The minimum Gasteiger partial charge on any atom is -0.366 e. The fourth-order valence-electron chi connectivity index (χ4n) is 3.38. The third-order valence-electron chi connectivity index (χ3n) is 4.93. The maximum atomic E-state index is 12.0. The molecule has 2 aromatic heterocycles. The molecule has 0 saturated carbocycles. The van der Waals surface area contributed by atoms with Gasteiger partial charge < -0.3 is 15.2 Å². The molecular formula is C19H22N8O2S. The number of hydrogen-bond donors (Lipinski definition) is 4. The zero-order valence-electron chi connectivity index (χ0n) is 16.4. The number of H-pyrrole nitrogens is 1. The number of rotatable bonds is 6. The predicted molar refractivity (Wildman–Crippen MR) is 116 cm³/mol. The molecular weight excluding hydrogens is 404 g/mol. The molecule has 1 aromatic carbocycles. The van der Waals surface area contributed by atoms with Crippen molar-refractivity contribution < 1.29 is 8.42 Å². The summed E-state index contributed by atoms with van der Waals surface area (Å²) in [7, 11) is -3.41. The predicted octanol–water partition coefficient (Wildman–Crippen LogP) is 1.76. The first-order valence-electron chi connectivity index (χ1n) is 9.56. The third kappa shape index (κ3) is 4.14. The lowest BCUT2D eigenvalue weighted by Crippen LogP contribution is -2.50. The van der Waals surface area contributed by atoms with E-state index in [2.05, 4.69) is 41.3 Å². The van der Waals surface area contributed by atoms with Crippen LogP contribution in [-0.4, -0.2) is 54.8 Å². The Bertz CT molecular complexity index is 1200. The van der Waals surface area contributed by atoms with Crippen molar-refractivity contribution in [3.05, 3.63) is 36.8 Å². The summed E-state index contributed by atoms with van der Waals surface area (Å²) in [5, 5.41) is 16.6. The molecule has 156 valence electrons. The van der Waals surface area contributed by atoms with Gasteiger partial charge in [-0.05, 0) is 31.2 Å². The number of nitriles is 1. The number of nitrogens with zero attached hydrogens (tertiary/aromatic N) is 4. The van der Waals surface area contributed by atoms with Gasteiger partial charge in [-0.2, -0.15) is 5.26 Å². The highest BCUT2D eigenvalue weighted by Gasteiger charge is 2.22. The van der Waals surface area contributed by atoms with Crippen LogP contribution in [0.5, 0.6) is 0 Å². The zero-order valence-corrected chi connectivity index (χ0v) is 17.2. The Hall–Kier alpha value is -3.36. The molecule has 10 nitrogen and oxygen atoms in total. The van der Waals surface area contributed by atoms with Crippen molar-refractivity contribution in [1.82, 2.24) is 20.3 Å². The van der Waals surface area contributed by atoms with Crippen LogP contribution in [0.2, 0.25) is 0 Å². The number of fused-ring (bicyclic) bond motifs is 1. The van der Waals surface area contributed by atoms with E-state index in [4.69, 9.17) is 0 Å². The van der Waals surface area contributed by atoms with Crippen LogP contribution < -0.4 is 20.3 Å². The quantitative estimate of drug-likeness (QED) is 0.468. The first-order valence-corrected chi connectivity index (χ1v) is 11.2. The Balaban J connectivity index is 1.74. The van der Waals surface area contributed by atoms with Crippen molar-refractivity contribution >= 4 is 43.9 Å². The fourth-order valence-corrected chi connectivity index (χ4v) is 4.01. The van der Waals surface area contributed by atoms with E-state index in [-0.39, 0.29) is 11.8 Å². The number of sulfonamides is 1. The molecule has 0 amide bonds. The Kier molecular flexibility index (Phi) is 5.43. The smallest absolute Gasteiger partial charge is 0.232 e. The molecule has 30 heavy (non-hydrogen) atoms. The molecule has 4 rings (SSSR count). The van der Waals surface area contributed by atoms with Crippen molar-refractivity contribution in [2.24, 2.45) is 0 Å². The van der Waals surface area contributed by atoms with Crippen LogP contribution in [0.3, 0.4) is 0 Å². The van der Waals surface area contributed by atoms with Gasteiger partial charge in [0, 0.05) is 25.8 Å². The van der Waals surface area contributed by atoms with E-state index in [1.54, 1.807) is 25.3 Å². The summed E-state index contributed by atoms with van der Waals surface area (Å²) in [4.78, 5) is 13.7. The summed E-state index contributed by atoms with van der Waals surface area (Å²) >= 11 is 0.